The van der Waals surface area contributed by atoms with Crippen molar-refractivity contribution in [2.24, 2.45) is 0 Å². The Morgan fingerprint density at radius 1 is 1.31 bits per heavy atom. The maximum absolute atomic E-state index is 11.1. The van der Waals surface area contributed by atoms with Crippen molar-refractivity contribution in [1.29, 1.82) is 0 Å². The fraction of sp³-hybridized carbons (Fsp3) is 0.909. The second kappa shape index (κ2) is 5.61. The van der Waals surface area contributed by atoms with Gasteiger partial charge < -0.3 is 15.3 Å². The summed E-state index contributed by atoms with van der Waals surface area (Å²) in [6.45, 7) is 9.53. The summed E-state index contributed by atoms with van der Waals surface area (Å²) < 4.78 is 0. The molecule has 0 aromatic carbocycles. The fourth-order valence-electron chi connectivity index (χ4n) is 1.96. The van der Waals surface area contributed by atoms with Gasteiger partial charge in [-0.05, 0) is 20.5 Å². The van der Waals surface area contributed by atoms with Crippen LogP contribution in [0.4, 0.5) is 0 Å². The summed E-state index contributed by atoms with van der Waals surface area (Å²) in [6.07, 6.45) is 0. The van der Waals surface area contributed by atoms with Crippen LogP contribution in [0.2, 0.25) is 0 Å². The number of piperazine rings is 1. The van der Waals surface area contributed by atoms with Gasteiger partial charge in [0, 0.05) is 32.7 Å². The van der Waals surface area contributed by atoms with E-state index in [2.05, 4.69) is 22.0 Å². The number of carboxylic acid groups (broad SMARTS) is 1. The van der Waals surface area contributed by atoms with E-state index < -0.39 is 11.5 Å². The Balaban J connectivity index is 2.46. The third-order valence-electron chi connectivity index (χ3n) is 3.48. The van der Waals surface area contributed by atoms with E-state index in [1.165, 1.54) is 0 Å². The third-order valence-corrected chi connectivity index (χ3v) is 3.48. The molecule has 0 amide bonds. The first-order chi connectivity index (χ1) is 7.51. The Bertz CT molecular complexity index is 239. The number of carbonyl (C=O) groups is 1. The number of carboxylic acids is 1. The van der Waals surface area contributed by atoms with Gasteiger partial charge in [-0.1, -0.05) is 6.92 Å². The SMILES string of the molecule is CCN1CCN(CC(C)(NC)C(=O)O)CC1. The normalized spacial score (nSPS) is 22.9. The first kappa shape index (κ1) is 13.4. The van der Waals surface area contributed by atoms with Gasteiger partial charge in [0.1, 0.15) is 5.54 Å². The molecule has 1 aliphatic rings. The van der Waals surface area contributed by atoms with E-state index >= 15 is 0 Å². The van der Waals surface area contributed by atoms with Crippen molar-refractivity contribution in [3.05, 3.63) is 0 Å². The molecule has 1 saturated heterocycles. The summed E-state index contributed by atoms with van der Waals surface area (Å²) in [4.78, 5) is 15.7. The summed E-state index contributed by atoms with van der Waals surface area (Å²) in [5.41, 5.74) is -0.839. The molecular weight excluding hydrogens is 206 g/mol. The minimum absolute atomic E-state index is 0.566. The number of rotatable bonds is 5. The van der Waals surface area contributed by atoms with E-state index in [1.54, 1.807) is 14.0 Å². The maximum atomic E-state index is 11.1. The van der Waals surface area contributed by atoms with Crippen LogP contribution in [0.25, 0.3) is 0 Å². The van der Waals surface area contributed by atoms with Crippen molar-refractivity contribution in [3.63, 3.8) is 0 Å². The molecule has 0 radical (unpaired) electrons. The van der Waals surface area contributed by atoms with Crippen LogP contribution >= 0.6 is 0 Å². The van der Waals surface area contributed by atoms with E-state index in [1.807, 2.05) is 0 Å². The molecule has 1 rings (SSSR count). The zero-order valence-corrected chi connectivity index (χ0v) is 10.5. The van der Waals surface area contributed by atoms with Crippen LogP contribution in [0.3, 0.4) is 0 Å². The molecule has 2 N–H and O–H groups in total. The molecule has 94 valence electrons. The summed E-state index contributed by atoms with van der Waals surface area (Å²) in [5.74, 6) is -0.784. The maximum Gasteiger partial charge on any atom is 0.324 e. The van der Waals surface area contributed by atoms with Crippen LogP contribution in [0.5, 0.6) is 0 Å². The molecule has 0 aromatic heterocycles. The number of nitrogens with one attached hydrogen (secondary N) is 1. The molecule has 0 aromatic rings. The highest BCUT2D eigenvalue weighted by Gasteiger charge is 2.34. The third kappa shape index (κ3) is 3.17. The Labute approximate surface area is 97.4 Å². The molecule has 0 aliphatic carbocycles. The number of hydrogen-bond donors (Lipinski definition) is 2. The minimum Gasteiger partial charge on any atom is -0.480 e. The van der Waals surface area contributed by atoms with Crippen molar-refractivity contribution in [2.75, 3.05) is 46.3 Å². The van der Waals surface area contributed by atoms with Crippen LogP contribution in [0, 0.1) is 0 Å². The van der Waals surface area contributed by atoms with Gasteiger partial charge in [0.2, 0.25) is 0 Å². The minimum atomic E-state index is -0.839. The number of aliphatic carboxylic acids is 1. The monoisotopic (exact) mass is 229 g/mol. The molecule has 5 heteroatoms. The van der Waals surface area contributed by atoms with Crippen LogP contribution in [0.15, 0.2) is 0 Å². The second-order valence-corrected chi connectivity index (χ2v) is 4.60. The van der Waals surface area contributed by atoms with Crippen molar-refractivity contribution in [3.8, 4) is 0 Å². The molecule has 1 aliphatic heterocycles. The Morgan fingerprint density at radius 2 is 1.81 bits per heavy atom. The van der Waals surface area contributed by atoms with Gasteiger partial charge in [-0.25, -0.2) is 0 Å². The first-order valence-corrected chi connectivity index (χ1v) is 5.89. The zero-order chi connectivity index (χ0) is 12.2. The van der Waals surface area contributed by atoms with Gasteiger partial charge in [-0.2, -0.15) is 0 Å². The average Bonchev–Trinajstić information content (AvgIpc) is 2.29. The van der Waals surface area contributed by atoms with Crippen LogP contribution < -0.4 is 5.32 Å². The van der Waals surface area contributed by atoms with Gasteiger partial charge in [0.05, 0.1) is 0 Å². The zero-order valence-electron chi connectivity index (χ0n) is 10.5. The number of likely N-dealkylation sites (N-methyl/N-ethyl adjacent to an activating group) is 2. The Hall–Kier alpha value is -0.650. The molecule has 1 fully saturated rings. The number of nitrogens with zero attached hydrogens (tertiary/aromatic N) is 2. The molecule has 5 nitrogen and oxygen atoms in total. The quantitative estimate of drug-likeness (QED) is 0.677. The highest BCUT2D eigenvalue weighted by atomic mass is 16.4. The molecular formula is C11H23N3O2. The van der Waals surface area contributed by atoms with Crippen molar-refractivity contribution in [2.45, 2.75) is 19.4 Å². The Kier molecular flexibility index (Phi) is 4.70. The van der Waals surface area contributed by atoms with E-state index in [4.69, 9.17) is 5.11 Å². The van der Waals surface area contributed by atoms with Gasteiger partial charge in [-0.15, -0.1) is 0 Å². The van der Waals surface area contributed by atoms with E-state index in [-0.39, 0.29) is 0 Å². The van der Waals surface area contributed by atoms with Gasteiger partial charge in [-0.3, -0.25) is 9.69 Å². The fourth-order valence-corrected chi connectivity index (χ4v) is 1.96. The summed E-state index contributed by atoms with van der Waals surface area (Å²) >= 11 is 0. The predicted molar refractivity (Wildman–Crippen MR) is 63.7 cm³/mol. The van der Waals surface area contributed by atoms with E-state index in [9.17, 15) is 4.79 Å². The van der Waals surface area contributed by atoms with Gasteiger partial charge in [0.25, 0.3) is 0 Å². The highest BCUT2D eigenvalue weighted by Crippen LogP contribution is 2.09. The van der Waals surface area contributed by atoms with Gasteiger partial charge >= 0.3 is 5.97 Å². The standard InChI is InChI=1S/C11H23N3O2/c1-4-13-5-7-14(8-6-13)9-11(2,12-3)10(15)16/h12H,4-9H2,1-3H3,(H,15,16). The lowest BCUT2D eigenvalue weighted by Crippen LogP contribution is -2.58. The molecule has 1 heterocycles. The van der Waals surface area contributed by atoms with E-state index in [0.29, 0.717) is 6.54 Å². The largest absolute Gasteiger partial charge is 0.480 e. The van der Waals surface area contributed by atoms with Crippen LogP contribution in [0.1, 0.15) is 13.8 Å². The lowest BCUT2D eigenvalue weighted by Gasteiger charge is -2.38. The first-order valence-electron chi connectivity index (χ1n) is 5.89. The topological polar surface area (TPSA) is 55.8 Å². The van der Waals surface area contributed by atoms with Crippen molar-refractivity contribution in [1.82, 2.24) is 15.1 Å². The smallest absolute Gasteiger partial charge is 0.324 e. The second-order valence-electron chi connectivity index (χ2n) is 4.60. The molecule has 0 bridgehead atoms. The van der Waals surface area contributed by atoms with Crippen LogP contribution in [-0.2, 0) is 4.79 Å². The predicted octanol–water partition coefficient (Wildman–Crippen LogP) is -0.313. The van der Waals surface area contributed by atoms with Crippen molar-refractivity contribution < 1.29 is 9.90 Å². The molecule has 0 spiro atoms. The lowest BCUT2D eigenvalue weighted by atomic mass is 10.0. The summed E-state index contributed by atoms with van der Waals surface area (Å²) in [7, 11) is 1.70. The molecule has 1 unspecified atom stereocenters. The van der Waals surface area contributed by atoms with Gasteiger partial charge in [0.15, 0.2) is 0 Å². The van der Waals surface area contributed by atoms with E-state index in [0.717, 1.165) is 32.7 Å². The molecule has 16 heavy (non-hydrogen) atoms. The molecule has 0 saturated carbocycles. The summed E-state index contributed by atoms with van der Waals surface area (Å²) in [6, 6.07) is 0. The Morgan fingerprint density at radius 3 is 2.19 bits per heavy atom. The molecule has 1 atom stereocenters. The lowest BCUT2D eigenvalue weighted by molar-refractivity contribution is -0.145. The van der Waals surface area contributed by atoms with Crippen molar-refractivity contribution >= 4 is 5.97 Å². The number of hydrogen-bond acceptors (Lipinski definition) is 4. The highest BCUT2D eigenvalue weighted by molar-refractivity contribution is 5.78. The summed E-state index contributed by atoms with van der Waals surface area (Å²) in [5, 5.41) is 12.1. The van der Waals surface area contributed by atoms with Crippen LogP contribution in [-0.4, -0.2) is 72.7 Å². The average molecular weight is 229 g/mol.